The fourth-order valence-corrected chi connectivity index (χ4v) is 3.61. The zero-order chi connectivity index (χ0) is 19.6. The molecule has 0 atom stereocenters. The number of hydrogen-bond donors (Lipinski definition) is 1. The van der Waals surface area contributed by atoms with Crippen LogP contribution in [0.15, 0.2) is 73.1 Å². The van der Waals surface area contributed by atoms with E-state index in [4.69, 9.17) is 26.3 Å². The minimum absolute atomic E-state index is 0.414. The molecule has 0 spiro atoms. The number of para-hydroxylation sites is 1. The number of anilines is 1. The molecule has 6 heteroatoms. The van der Waals surface area contributed by atoms with Gasteiger partial charge < -0.3 is 10.1 Å². The van der Waals surface area contributed by atoms with Crippen molar-refractivity contribution in [1.82, 2.24) is 15.0 Å². The molecule has 0 saturated heterocycles. The Morgan fingerprint density at radius 2 is 1.86 bits per heavy atom. The first kappa shape index (κ1) is 17.6. The molecule has 1 aliphatic heterocycles. The molecule has 5 rings (SSSR count). The Labute approximate surface area is 173 Å². The average Bonchev–Trinajstić information content (AvgIpc) is 2.78. The molecule has 0 amide bonds. The third kappa shape index (κ3) is 3.52. The van der Waals surface area contributed by atoms with E-state index in [0.717, 1.165) is 39.4 Å². The van der Waals surface area contributed by atoms with Gasteiger partial charge in [0.25, 0.3) is 0 Å². The molecule has 0 aliphatic carbocycles. The molecule has 2 aromatic heterocycles. The van der Waals surface area contributed by atoms with Gasteiger partial charge in [-0.15, -0.1) is 0 Å². The summed E-state index contributed by atoms with van der Waals surface area (Å²) in [4.78, 5) is 13.8. The summed E-state index contributed by atoms with van der Waals surface area (Å²) in [5.41, 5.74) is 5.61. The Kier molecular flexibility index (Phi) is 4.58. The van der Waals surface area contributed by atoms with E-state index in [-0.39, 0.29) is 0 Å². The van der Waals surface area contributed by atoms with Gasteiger partial charge in [0.2, 0.25) is 5.95 Å². The lowest BCUT2D eigenvalue weighted by molar-refractivity contribution is 0.301. The van der Waals surface area contributed by atoms with E-state index >= 15 is 0 Å². The smallest absolute Gasteiger partial charge is 0.224 e. The highest BCUT2D eigenvalue weighted by molar-refractivity contribution is 6.30. The van der Waals surface area contributed by atoms with Gasteiger partial charge in [-0.05, 0) is 35.9 Å². The molecule has 0 radical (unpaired) electrons. The SMILES string of the molecule is Clc1cccc(-c2nc(NCc3cccnc3)nc3c2COc2ccccc2-3)c1. The third-order valence-corrected chi connectivity index (χ3v) is 5.03. The molecule has 142 valence electrons. The highest BCUT2D eigenvalue weighted by atomic mass is 35.5. The van der Waals surface area contributed by atoms with Crippen LogP contribution in [0.1, 0.15) is 11.1 Å². The zero-order valence-corrected chi connectivity index (χ0v) is 16.2. The van der Waals surface area contributed by atoms with Gasteiger partial charge in [0.05, 0.1) is 11.4 Å². The van der Waals surface area contributed by atoms with Crippen LogP contribution in [0.3, 0.4) is 0 Å². The minimum atomic E-state index is 0.414. The number of rotatable bonds is 4. The zero-order valence-electron chi connectivity index (χ0n) is 15.5. The first-order valence-electron chi connectivity index (χ1n) is 9.30. The molecule has 4 aromatic rings. The van der Waals surface area contributed by atoms with Crippen LogP contribution in [0.2, 0.25) is 5.02 Å². The van der Waals surface area contributed by atoms with Crippen LogP contribution < -0.4 is 10.1 Å². The van der Waals surface area contributed by atoms with Crippen LogP contribution in [-0.2, 0) is 13.2 Å². The number of hydrogen-bond acceptors (Lipinski definition) is 5. The molecule has 0 unspecified atom stereocenters. The second kappa shape index (κ2) is 7.53. The van der Waals surface area contributed by atoms with Crippen molar-refractivity contribution in [3.63, 3.8) is 0 Å². The predicted octanol–water partition coefficient (Wildman–Crippen LogP) is 5.36. The molecule has 1 N–H and O–H groups in total. The summed E-state index contributed by atoms with van der Waals surface area (Å²) in [6.45, 7) is 0.997. The largest absolute Gasteiger partial charge is 0.488 e. The normalized spacial score (nSPS) is 11.9. The Morgan fingerprint density at radius 1 is 0.966 bits per heavy atom. The van der Waals surface area contributed by atoms with E-state index in [1.807, 2.05) is 66.9 Å². The summed E-state index contributed by atoms with van der Waals surface area (Å²) in [6.07, 6.45) is 3.58. The van der Waals surface area contributed by atoms with Gasteiger partial charge in [0, 0.05) is 40.7 Å². The molecule has 1 aliphatic rings. The Bertz CT molecular complexity index is 1180. The van der Waals surface area contributed by atoms with Gasteiger partial charge in [0.15, 0.2) is 0 Å². The van der Waals surface area contributed by atoms with E-state index in [2.05, 4.69) is 10.3 Å². The number of nitrogens with zero attached hydrogens (tertiary/aromatic N) is 3. The van der Waals surface area contributed by atoms with Gasteiger partial charge in [-0.25, -0.2) is 9.97 Å². The van der Waals surface area contributed by atoms with Crippen LogP contribution in [0.25, 0.3) is 22.5 Å². The number of halogens is 1. The standard InChI is InChI=1S/C23H17ClN4O/c24-17-7-3-6-16(11-17)21-19-14-29-20-9-2-1-8-18(20)22(19)28-23(27-21)26-13-15-5-4-10-25-12-15/h1-12H,13-14H2,(H,26,27,28). The topological polar surface area (TPSA) is 59.9 Å². The molecular formula is C23H17ClN4O. The second-order valence-corrected chi connectivity index (χ2v) is 7.17. The van der Waals surface area contributed by atoms with Crippen molar-refractivity contribution >= 4 is 17.5 Å². The van der Waals surface area contributed by atoms with Crippen molar-refractivity contribution < 1.29 is 4.74 Å². The monoisotopic (exact) mass is 400 g/mol. The Hall–Kier alpha value is -3.44. The molecular weight excluding hydrogens is 384 g/mol. The summed E-state index contributed by atoms with van der Waals surface area (Å²) < 4.78 is 5.97. The predicted molar refractivity (Wildman–Crippen MR) is 114 cm³/mol. The summed E-state index contributed by atoms with van der Waals surface area (Å²) in [6, 6.07) is 19.5. The summed E-state index contributed by atoms with van der Waals surface area (Å²) in [5, 5.41) is 3.99. The van der Waals surface area contributed by atoms with Gasteiger partial charge in [-0.3, -0.25) is 4.98 Å². The molecule has 5 nitrogen and oxygen atoms in total. The first-order chi connectivity index (χ1) is 14.3. The van der Waals surface area contributed by atoms with Crippen LogP contribution in [0, 0.1) is 0 Å². The molecule has 3 heterocycles. The van der Waals surface area contributed by atoms with Crippen LogP contribution in [0.5, 0.6) is 5.75 Å². The van der Waals surface area contributed by atoms with Crippen LogP contribution in [0.4, 0.5) is 5.95 Å². The number of nitrogens with one attached hydrogen (secondary N) is 1. The van der Waals surface area contributed by atoms with Crippen molar-refractivity contribution in [3.8, 4) is 28.3 Å². The maximum atomic E-state index is 6.24. The second-order valence-electron chi connectivity index (χ2n) is 6.73. The highest BCUT2D eigenvalue weighted by Gasteiger charge is 2.24. The number of benzene rings is 2. The fourth-order valence-electron chi connectivity index (χ4n) is 3.42. The average molecular weight is 401 g/mol. The van der Waals surface area contributed by atoms with Gasteiger partial charge in [0.1, 0.15) is 12.4 Å². The fraction of sp³-hybridized carbons (Fsp3) is 0.0870. The van der Waals surface area contributed by atoms with E-state index in [0.29, 0.717) is 24.1 Å². The van der Waals surface area contributed by atoms with Gasteiger partial charge >= 0.3 is 0 Å². The molecule has 0 bridgehead atoms. The summed E-state index contributed by atoms with van der Waals surface area (Å²) in [7, 11) is 0. The lowest BCUT2D eigenvalue weighted by Gasteiger charge is -2.23. The summed E-state index contributed by atoms with van der Waals surface area (Å²) >= 11 is 6.24. The van der Waals surface area contributed by atoms with Crippen molar-refractivity contribution in [2.45, 2.75) is 13.2 Å². The van der Waals surface area contributed by atoms with Crippen LogP contribution in [-0.4, -0.2) is 15.0 Å². The van der Waals surface area contributed by atoms with E-state index in [1.54, 1.807) is 6.20 Å². The van der Waals surface area contributed by atoms with Gasteiger partial charge in [-0.1, -0.05) is 41.9 Å². The number of aromatic nitrogens is 3. The first-order valence-corrected chi connectivity index (χ1v) is 9.67. The highest BCUT2D eigenvalue weighted by Crippen LogP contribution is 2.40. The molecule has 29 heavy (non-hydrogen) atoms. The molecule has 2 aromatic carbocycles. The molecule has 0 saturated carbocycles. The van der Waals surface area contributed by atoms with Crippen molar-refractivity contribution in [3.05, 3.63) is 89.2 Å². The molecule has 0 fully saturated rings. The third-order valence-electron chi connectivity index (χ3n) is 4.79. The number of fused-ring (bicyclic) bond motifs is 3. The number of pyridine rings is 1. The van der Waals surface area contributed by atoms with E-state index in [9.17, 15) is 0 Å². The lowest BCUT2D eigenvalue weighted by Crippen LogP contribution is -2.13. The maximum Gasteiger partial charge on any atom is 0.224 e. The summed E-state index contributed by atoms with van der Waals surface area (Å²) in [5.74, 6) is 1.38. The Balaban J connectivity index is 1.62. The van der Waals surface area contributed by atoms with Gasteiger partial charge in [-0.2, -0.15) is 0 Å². The van der Waals surface area contributed by atoms with E-state index in [1.165, 1.54) is 0 Å². The quantitative estimate of drug-likeness (QED) is 0.499. The van der Waals surface area contributed by atoms with Crippen molar-refractivity contribution in [1.29, 1.82) is 0 Å². The maximum absolute atomic E-state index is 6.24. The van der Waals surface area contributed by atoms with Crippen molar-refractivity contribution in [2.75, 3.05) is 5.32 Å². The Morgan fingerprint density at radius 3 is 2.72 bits per heavy atom. The number of ether oxygens (including phenoxy) is 1. The minimum Gasteiger partial charge on any atom is -0.488 e. The lowest BCUT2D eigenvalue weighted by atomic mass is 9.98. The van der Waals surface area contributed by atoms with E-state index < -0.39 is 0 Å². The van der Waals surface area contributed by atoms with Crippen LogP contribution >= 0.6 is 11.6 Å². The van der Waals surface area contributed by atoms with Crippen molar-refractivity contribution in [2.24, 2.45) is 0 Å².